The molecule has 1 fully saturated rings. The molecular weight excluding hydrogens is 114 g/mol. The molecule has 1 aliphatic rings. The lowest BCUT2D eigenvalue weighted by Crippen LogP contribution is -2.37. The Labute approximate surface area is 56.3 Å². The lowest BCUT2D eigenvalue weighted by Gasteiger charge is -2.27. The van der Waals surface area contributed by atoms with Gasteiger partial charge >= 0.3 is 0 Å². The molecule has 2 unspecified atom stereocenters. The van der Waals surface area contributed by atoms with E-state index in [1.165, 1.54) is 6.42 Å². The van der Waals surface area contributed by atoms with E-state index in [-0.39, 0.29) is 0 Å². The van der Waals surface area contributed by atoms with E-state index in [0.29, 0.717) is 18.4 Å². The summed E-state index contributed by atoms with van der Waals surface area (Å²) in [6.45, 7) is 4.67. The van der Waals surface area contributed by atoms with Crippen LogP contribution in [0.4, 0.5) is 0 Å². The molecule has 0 bridgehead atoms. The van der Waals surface area contributed by atoms with Crippen LogP contribution in [-0.4, -0.2) is 24.8 Å². The van der Waals surface area contributed by atoms with Gasteiger partial charge in [0.05, 0.1) is 0 Å². The predicted octanol–water partition coefficient (Wildman–Crippen LogP) is 0.224. The molecular formula is C7H15NO. The zero-order valence-corrected chi connectivity index (χ0v) is 5.93. The molecule has 0 radical (unpaired) electrons. The first-order chi connectivity index (χ1) is 4.34. The molecule has 0 aromatic carbocycles. The van der Waals surface area contributed by atoms with Gasteiger partial charge in [0.15, 0.2) is 0 Å². The number of aliphatic hydroxyl groups is 1. The van der Waals surface area contributed by atoms with Crippen LogP contribution in [0.25, 0.3) is 0 Å². The molecule has 0 aliphatic carbocycles. The largest absolute Gasteiger partial charge is 0.396 e. The highest BCUT2D eigenvalue weighted by Crippen LogP contribution is 2.16. The van der Waals surface area contributed by atoms with E-state index in [1.807, 2.05) is 0 Å². The molecule has 0 amide bonds. The monoisotopic (exact) mass is 129 g/mol. The number of hydrogen-bond donors (Lipinski definition) is 2. The van der Waals surface area contributed by atoms with Crippen molar-refractivity contribution in [3.63, 3.8) is 0 Å². The van der Waals surface area contributed by atoms with Crippen LogP contribution in [0, 0.1) is 11.8 Å². The Kier molecular flexibility index (Phi) is 2.49. The van der Waals surface area contributed by atoms with E-state index in [9.17, 15) is 0 Å². The van der Waals surface area contributed by atoms with Gasteiger partial charge in [0.25, 0.3) is 0 Å². The average Bonchev–Trinajstić information content (AvgIpc) is 1.89. The molecule has 0 saturated carbocycles. The molecule has 0 aromatic rings. The quantitative estimate of drug-likeness (QED) is 0.531. The highest BCUT2D eigenvalue weighted by atomic mass is 16.3. The predicted molar refractivity (Wildman–Crippen MR) is 37.2 cm³/mol. The van der Waals surface area contributed by atoms with Crippen LogP contribution in [0.15, 0.2) is 0 Å². The first-order valence-electron chi connectivity index (χ1n) is 3.66. The van der Waals surface area contributed by atoms with E-state index >= 15 is 0 Å². The fraction of sp³-hybridized carbons (Fsp3) is 1.00. The van der Waals surface area contributed by atoms with Crippen molar-refractivity contribution in [3.8, 4) is 0 Å². The zero-order chi connectivity index (χ0) is 6.69. The summed E-state index contributed by atoms with van der Waals surface area (Å²) in [5.41, 5.74) is 0. The Bertz CT molecular complexity index is 85.0. The molecule has 2 N–H and O–H groups in total. The van der Waals surface area contributed by atoms with Crippen LogP contribution in [0.3, 0.4) is 0 Å². The lowest BCUT2D eigenvalue weighted by atomic mass is 9.89. The second-order valence-corrected chi connectivity index (χ2v) is 2.91. The molecule has 1 saturated heterocycles. The number of aliphatic hydroxyl groups excluding tert-OH is 1. The molecule has 54 valence electrons. The van der Waals surface area contributed by atoms with Crippen molar-refractivity contribution >= 4 is 0 Å². The molecule has 0 spiro atoms. The molecule has 0 aromatic heterocycles. The zero-order valence-electron chi connectivity index (χ0n) is 5.93. The standard InChI is InChI=1S/C7H15NO/c1-6-2-3-8-4-7(6)5-9/h6-9H,2-5H2,1H3. The molecule has 2 atom stereocenters. The second kappa shape index (κ2) is 3.18. The smallest absolute Gasteiger partial charge is 0.0473 e. The van der Waals surface area contributed by atoms with Crippen molar-refractivity contribution in [2.75, 3.05) is 19.7 Å². The number of hydrogen-bond acceptors (Lipinski definition) is 2. The second-order valence-electron chi connectivity index (χ2n) is 2.91. The van der Waals surface area contributed by atoms with Crippen LogP contribution in [-0.2, 0) is 0 Å². The SMILES string of the molecule is CC1CCNCC1CO. The van der Waals surface area contributed by atoms with Gasteiger partial charge in [0, 0.05) is 13.2 Å². The van der Waals surface area contributed by atoms with E-state index in [1.54, 1.807) is 0 Å². The summed E-state index contributed by atoms with van der Waals surface area (Å²) in [5, 5.41) is 12.1. The fourth-order valence-corrected chi connectivity index (χ4v) is 1.30. The van der Waals surface area contributed by atoms with Crippen molar-refractivity contribution < 1.29 is 5.11 Å². The summed E-state index contributed by atoms with van der Waals surface area (Å²) in [4.78, 5) is 0. The third-order valence-electron chi connectivity index (χ3n) is 2.22. The van der Waals surface area contributed by atoms with Crippen LogP contribution >= 0.6 is 0 Å². The van der Waals surface area contributed by atoms with Gasteiger partial charge in [-0.1, -0.05) is 6.92 Å². The molecule has 2 heteroatoms. The molecule has 1 heterocycles. The summed E-state index contributed by atoms with van der Waals surface area (Å²) >= 11 is 0. The van der Waals surface area contributed by atoms with Gasteiger partial charge in [-0.3, -0.25) is 0 Å². The minimum absolute atomic E-state index is 0.341. The van der Waals surface area contributed by atoms with Gasteiger partial charge in [0.2, 0.25) is 0 Å². The van der Waals surface area contributed by atoms with Crippen molar-refractivity contribution in [1.82, 2.24) is 5.32 Å². The first-order valence-corrected chi connectivity index (χ1v) is 3.66. The van der Waals surface area contributed by atoms with Crippen LogP contribution < -0.4 is 5.32 Å². The van der Waals surface area contributed by atoms with Gasteiger partial charge in [-0.15, -0.1) is 0 Å². The number of nitrogens with one attached hydrogen (secondary N) is 1. The topological polar surface area (TPSA) is 32.3 Å². The Hall–Kier alpha value is -0.0800. The summed E-state index contributed by atoms with van der Waals surface area (Å²) in [6.07, 6.45) is 1.21. The van der Waals surface area contributed by atoms with Crippen molar-refractivity contribution in [2.24, 2.45) is 11.8 Å². The Morgan fingerprint density at radius 2 is 2.44 bits per heavy atom. The first kappa shape index (κ1) is 7.03. The highest BCUT2D eigenvalue weighted by Gasteiger charge is 2.19. The molecule has 1 rings (SSSR count). The fourth-order valence-electron chi connectivity index (χ4n) is 1.30. The van der Waals surface area contributed by atoms with Crippen molar-refractivity contribution in [2.45, 2.75) is 13.3 Å². The molecule has 2 nitrogen and oxygen atoms in total. The molecule has 9 heavy (non-hydrogen) atoms. The van der Waals surface area contributed by atoms with Crippen LogP contribution in [0.2, 0.25) is 0 Å². The van der Waals surface area contributed by atoms with E-state index in [0.717, 1.165) is 13.1 Å². The van der Waals surface area contributed by atoms with E-state index in [2.05, 4.69) is 12.2 Å². The maximum atomic E-state index is 8.82. The maximum absolute atomic E-state index is 8.82. The summed E-state index contributed by atoms with van der Waals surface area (Å²) < 4.78 is 0. The minimum atomic E-state index is 0.341. The molecule has 1 aliphatic heterocycles. The number of piperidine rings is 1. The van der Waals surface area contributed by atoms with Gasteiger partial charge < -0.3 is 10.4 Å². The summed E-state index contributed by atoms with van der Waals surface area (Å²) in [7, 11) is 0. The highest BCUT2D eigenvalue weighted by molar-refractivity contribution is 4.73. The van der Waals surface area contributed by atoms with Crippen LogP contribution in [0.1, 0.15) is 13.3 Å². The van der Waals surface area contributed by atoms with E-state index in [4.69, 9.17) is 5.11 Å². The summed E-state index contributed by atoms with van der Waals surface area (Å²) in [5.74, 6) is 1.20. The third-order valence-corrected chi connectivity index (χ3v) is 2.22. The lowest BCUT2D eigenvalue weighted by molar-refractivity contribution is 0.155. The summed E-state index contributed by atoms with van der Waals surface area (Å²) in [6, 6.07) is 0. The van der Waals surface area contributed by atoms with Gasteiger partial charge in [-0.25, -0.2) is 0 Å². The number of rotatable bonds is 1. The Morgan fingerprint density at radius 3 is 2.89 bits per heavy atom. The Morgan fingerprint density at radius 1 is 1.67 bits per heavy atom. The van der Waals surface area contributed by atoms with E-state index < -0.39 is 0 Å². The maximum Gasteiger partial charge on any atom is 0.0473 e. The normalized spacial score (nSPS) is 36.7. The van der Waals surface area contributed by atoms with Crippen molar-refractivity contribution in [1.29, 1.82) is 0 Å². The van der Waals surface area contributed by atoms with Crippen LogP contribution in [0.5, 0.6) is 0 Å². The Balaban J connectivity index is 2.30. The van der Waals surface area contributed by atoms with Gasteiger partial charge in [-0.05, 0) is 24.8 Å². The third kappa shape index (κ3) is 1.66. The van der Waals surface area contributed by atoms with Gasteiger partial charge in [0.1, 0.15) is 0 Å². The average molecular weight is 129 g/mol. The minimum Gasteiger partial charge on any atom is -0.396 e. The van der Waals surface area contributed by atoms with Crippen molar-refractivity contribution in [3.05, 3.63) is 0 Å². The van der Waals surface area contributed by atoms with Gasteiger partial charge in [-0.2, -0.15) is 0 Å².